The first-order valence-corrected chi connectivity index (χ1v) is 30.7. The van der Waals surface area contributed by atoms with Crippen molar-refractivity contribution < 1.29 is 18.0 Å². The van der Waals surface area contributed by atoms with Crippen molar-refractivity contribution in [3.8, 4) is 22.4 Å². The summed E-state index contributed by atoms with van der Waals surface area (Å²) in [4.78, 5) is 9.58. The van der Waals surface area contributed by atoms with Gasteiger partial charge in [-0.15, -0.1) is 0 Å². The van der Waals surface area contributed by atoms with Crippen LogP contribution in [-0.4, -0.2) is 9.97 Å². The fourth-order valence-corrected chi connectivity index (χ4v) is 17.3. The van der Waals surface area contributed by atoms with Gasteiger partial charge in [-0.3, -0.25) is 9.97 Å². The Hall–Kier alpha value is -9.96. The van der Waals surface area contributed by atoms with Crippen molar-refractivity contribution in [2.75, 3.05) is 0 Å². The lowest BCUT2D eigenvalue weighted by molar-refractivity contribution is 0.591. The second-order valence-electron chi connectivity index (χ2n) is 20.6. The van der Waals surface area contributed by atoms with Gasteiger partial charge in [0, 0.05) is 88.7 Å². The van der Waals surface area contributed by atoms with Crippen LogP contribution >= 0.6 is 14.3 Å². The summed E-state index contributed by atoms with van der Waals surface area (Å²) in [6.45, 7) is 0. The van der Waals surface area contributed by atoms with Crippen molar-refractivity contribution in [1.82, 2.24) is 9.97 Å². The van der Waals surface area contributed by atoms with Gasteiger partial charge in [0.15, 0.2) is 14.3 Å². The van der Waals surface area contributed by atoms with Crippen molar-refractivity contribution in [2.24, 2.45) is 0 Å². The van der Waals surface area contributed by atoms with Gasteiger partial charge in [0.2, 0.25) is 0 Å². The van der Waals surface area contributed by atoms with E-state index in [1.165, 1.54) is 16.2 Å². The first-order chi connectivity index (χ1) is 40.4. The summed E-state index contributed by atoms with van der Waals surface area (Å²) in [5.41, 5.74) is 6.81. The molecule has 0 aliphatic heterocycles. The molecule has 0 radical (unpaired) electrons. The van der Waals surface area contributed by atoms with Crippen molar-refractivity contribution in [3.63, 3.8) is 0 Å². The second kappa shape index (κ2) is 20.0. The quantitative estimate of drug-likeness (QED) is 0.141. The highest BCUT2D eigenvalue weighted by Gasteiger charge is 2.32. The molecule has 0 N–H and O–H groups in total. The molecule has 0 amide bonds. The van der Waals surface area contributed by atoms with E-state index in [2.05, 4.69) is 138 Å². The molecule has 12 aromatic carbocycles. The predicted octanol–water partition coefficient (Wildman–Crippen LogP) is 17.2. The molecule has 0 spiro atoms. The van der Waals surface area contributed by atoms with Gasteiger partial charge in [-0.05, 0) is 85.6 Å². The van der Waals surface area contributed by atoms with Crippen molar-refractivity contribution in [2.45, 2.75) is 0 Å². The molecule has 0 atom stereocenters. The minimum Gasteiger partial charge on any atom is -0.455 e. The lowest BCUT2D eigenvalue weighted by Gasteiger charge is -2.20. The zero-order valence-electron chi connectivity index (χ0n) is 44.1. The third-order valence-corrected chi connectivity index (χ3v) is 22.0. The largest absolute Gasteiger partial charge is 0.455 e. The van der Waals surface area contributed by atoms with Crippen molar-refractivity contribution in [1.29, 1.82) is 0 Å². The summed E-state index contributed by atoms with van der Waals surface area (Å²) >= 11 is 0. The molecule has 0 bridgehead atoms. The SMILES string of the molecule is O=P(c1ccccc1)(c1ccccc1)c1ccc(-c2cc3ccccc3c3c2oc2ccc4ccccc4c23)nc1.O=P(c1ccccc1)(c1ccccc1)c1cncc(-c2cc3ccccc3c3c2oc2ccc4ccccc4c23)c1. The fourth-order valence-electron chi connectivity index (χ4n) is 12.1. The van der Waals surface area contributed by atoms with E-state index in [4.69, 9.17) is 13.8 Å². The normalized spacial score (nSPS) is 12.0. The Bertz CT molecular complexity index is 5130. The molecule has 82 heavy (non-hydrogen) atoms. The van der Waals surface area contributed by atoms with E-state index in [-0.39, 0.29) is 0 Å². The molecule has 0 saturated carbocycles. The van der Waals surface area contributed by atoms with Crippen LogP contribution in [-0.2, 0) is 9.13 Å². The molecule has 0 saturated heterocycles. The summed E-state index contributed by atoms with van der Waals surface area (Å²) in [5.74, 6) is 0. The smallest absolute Gasteiger partial charge is 0.172 e. The van der Waals surface area contributed by atoms with Gasteiger partial charge < -0.3 is 18.0 Å². The molecule has 6 nitrogen and oxygen atoms in total. The van der Waals surface area contributed by atoms with E-state index >= 15 is 4.57 Å². The maximum absolute atomic E-state index is 15.1. The second-order valence-corrected chi connectivity index (χ2v) is 26.2. The average molecular weight is 1090 g/mol. The molecule has 0 aliphatic carbocycles. The topological polar surface area (TPSA) is 86.2 Å². The Morgan fingerprint density at radius 2 is 0.683 bits per heavy atom. The van der Waals surface area contributed by atoms with Crippen LogP contribution in [0.2, 0.25) is 0 Å². The molecule has 0 aliphatic rings. The van der Waals surface area contributed by atoms with Gasteiger partial charge in [-0.2, -0.15) is 0 Å². The summed E-state index contributed by atoms with van der Waals surface area (Å²) in [6.07, 6.45) is 5.36. The van der Waals surface area contributed by atoms with Gasteiger partial charge in [-0.25, -0.2) is 0 Å². The van der Waals surface area contributed by atoms with Gasteiger partial charge in [0.1, 0.15) is 22.3 Å². The average Bonchev–Trinajstić information content (AvgIpc) is 3.92. The Labute approximate surface area is 472 Å². The number of aromatic nitrogens is 2. The van der Waals surface area contributed by atoms with E-state index in [0.29, 0.717) is 10.6 Å². The highest BCUT2D eigenvalue weighted by molar-refractivity contribution is 7.85. The lowest BCUT2D eigenvalue weighted by atomic mass is 9.95. The molecule has 0 unspecified atom stereocenters. The Balaban J connectivity index is 0.000000140. The number of rotatable bonds is 8. The zero-order valence-corrected chi connectivity index (χ0v) is 45.9. The molecule has 8 heteroatoms. The van der Waals surface area contributed by atoms with E-state index in [0.717, 1.165) is 114 Å². The third kappa shape index (κ3) is 8.02. The van der Waals surface area contributed by atoms with E-state index in [9.17, 15) is 4.57 Å². The highest BCUT2D eigenvalue weighted by atomic mass is 31.2. The van der Waals surface area contributed by atoms with E-state index in [1.54, 1.807) is 12.4 Å². The fraction of sp³-hybridized carbons (Fsp3) is 0. The number of pyridine rings is 2. The Morgan fingerprint density at radius 1 is 0.293 bits per heavy atom. The van der Waals surface area contributed by atoms with Crippen LogP contribution in [0.5, 0.6) is 0 Å². The molecule has 388 valence electrons. The Kier molecular flexibility index (Phi) is 12.0. The van der Waals surface area contributed by atoms with Gasteiger partial charge in [0.05, 0.1) is 5.69 Å². The number of hydrogen-bond donors (Lipinski definition) is 0. The first-order valence-electron chi connectivity index (χ1n) is 27.3. The maximum Gasteiger partial charge on any atom is 0.172 e. The van der Waals surface area contributed by atoms with Crippen LogP contribution in [0, 0.1) is 0 Å². The predicted molar refractivity (Wildman–Crippen MR) is 343 cm³/mol. The summed E-state index contributed by atoms with van der Waals surface area (Å²) in [5, 5.41) is 18.2. The zero-order chi connectivity index (χ0) is 54.8. The lowest BCUT2D eigenvalue weighted by Crippen LogP contribution is -2.25. The number of fused-ring (bicyclic) bond motifs is 14. The van der Waals surface area contributed by atoms with Crippen LogP contribution in [0.4, 0.5) is 0 Å². The molecule has 4 aromatic heterocycles. The number of nitrogens with zero attached hydrogens (tertiary/aromatic N) is 2. The van der Waals surface area contributed by atoms with Gasteiger partial charge in [-0.1, -0.05) is 231 Å². The minimum atomic E-state index is -3.19. The van der Waals surface area contributed by atoms with Crippen molar-refractivity contribution >= 4 is 133 Å². The summed E-state index contributed by atoms with van der Waals surface area (Å²) in [6, 6.07) is 91.2. The highest BCUT2D eigenvalue weighted by Crippen LogP contribution is 2.48. The summed E-state index contributed by atoms with van der Waals surface area (Å²) in [7, 11) is -6.30. The monoisotopic (exact) mass is 1090 g/mol. The molecule has 4 heterocycles. The first kappa shape index (κ1) is 49.1. The van der Waals surface area contributed by atoms with Crippen LogP contribution < -0.4 is 31.8 Å². The third-order valence-electron chi connectivity index (χ3n) is 16.0. The van der Waals surface area contributed by atoms with E-state index in [1.807, 2.05) is 146 Å². The minimum absolute atomic E-state index is 0.690. The summed E-state index contributed by atoms with van der Waals surface area (Å²) < 4.78 is 43.2. The number of hydrogen-bond acceptors (Lipinski definition) is 6. The molecular weight excluding hydrogens is 1040 g/mol. The number of furan rings is 2. The van der Waals surface area contributed by atoms with Gasteiger partial charge in [0.25, 0.3) is 0 Å². The van der Waals surface area contributed by atoms with Crippen LogP contribution in [0.25, 0.3) is 109 Å². The molecule has 16 rings (SSSR count). The maximum atomic E-state index is 15.1. The molecule has 16 aromatic rings. The van der Waals surface area contributed by atoms with E-state index < -0.39 is 14.3 Å². The number of benzene rings is 12. The Morgan fingerprint density at radius 3 is 1.13 bits per heavy atom. The van der Waals surface area contributed by atoms with Crippen LogP contribution in [0.1, 0.15) is 0 Å². The molecular formula is C74H48N2O4P2. The van der Waals surface area contributed by atoms with Crippen LogP contribution in [0.3, 0.4) is 0 Å². The van der Waals surface area contributed by atoms with Crippen LogP contribution in [0.15, 0.2) is 300 Å². The van der Waals surface area contributed by atoms with Crippen molar-refractivity contribution in [3.05, 3.63) is 292 Å². The van der Waals surface area contributed by atoms with Gasteiger partial charge >= 0.3 is 0 Å². The standard InChI is InChI=1S/2C37H24NO2P/c39-41(27-13-3-1-4-14-27,28-15-5-2-6-16-28)29-20-21-33(38-24-29)32-23-26-12-8-10-18-31(26)36-35-30-17-9-7-11-25(30)19-22-34(35)40-37(32)36;39-41(28-13-3-1-4-14-28,29-15-5-2-6-16-29)30-21-27(23-38-24-30)33-22-26-12-8-10-18-32(26)36-35-31-17-9-7-11-25(31)19-20-34(35)40-37(33)36/h2*1-24H. The molecule has 0 fully saturated rings.